The fraction of sp³-hybridized carbons (Fsp3) is 1.00. The lowest BCUT2D eigenvalue weighted by Crippen LogP contribution is -2.39. The average molecular weight is 199 g/mol. The van der Waals surface area contributed by atoms with Gasteiger partial charge in [0, 0.05) is 12.1 Å². The first kappa shape index (κ1) is 10.4. The van der Waals surface area contributed by atoms with Crippen LogP contribution in [0.2, 0.25) is 0 Å². The third-order valence-corrected chi connectivity index (χ3v) is 3.78. The van der Waals surface area contributed by atoms with Crippen LogP contribution in [0, 0.1) is 5.92 Å². The summed E-state index contributed by atoms with van der Waals surface area (Å²) in [5.41, 5.74) is 0. The summed E-state index contributed by atoms with van der Waals surface area (Å²) in [6.07, 6.45) is 7.38. The van der Waals surface area contributed by atoms with E-state index in [1.54, 1.807) is 0 Å². The van der Waals surface area contributed by atoms with Crippen molar-refractivity contribution in [1.82, 2.24) is 5.32 Å². The van der Waals surface area contributed by atoms with Crippen LogP contribution in [0.4, 0.5) is 4.39 Å². The van der Waals surface area contributed by atoms with E-state index in [2.05, 4.69) is 12.2 Å². The molecule has 0 aromatic rings. The monoisotopic (exact) mass is 199 g/mol. The van der Waals surface area contributed by atoms with Gasteiger partial charge in [-0.3, -0.25) is 0 Å². The third-order valence-electron chi connectivity index (χ3n) is 3.78. The van der Waals surface area contributed by atoms with Gasteiger partial charge < -0.3 is 5.32 Å². The summed E-state index contributed by atoms with van der Waals surface area (Å²) < 4.78 is 13.0. The molecule has 2 saturated carbocycles. The molecule has 0 aromatic carbocycles. The van der Waals surface area contributed by atoms with Crippen LogP contribution < -0.4 is 5.32 Å². The molecule has 0 radical (unpaired) electrons. The molecule has 4 atom stereocenters. The van der Waals surface area contributed by atoms with Gasteiger partial charge in [-0.2, -0.15) is 0 Å². The van der Waals surface area contributed by atoms with Crippen LogP contribution >= 0.6 is 0 Å². The van der Waals surface area contributed by atoms with Gasteiger partial charge >= 0.3 is 0 Å². The van der Waals surface area contributed by atoms with Gasteiger partial charge in [-0.1, -0.05) is 19.8 Å². The Hall–Kier alpha value is -0.110. The Kier molecular flexibility index (Phi) is 3.42. The molecule has 2 aliphatic rings. The molecule has 1 nitrogen and oxygen atoms in total. The second kappa shape index (κ2) is 4.61. The Bertz CT molecular complexity index is 183. The smallest absolute Gasteiger partial charge is 0.102 e. The fourth-order valence-corrected chi connectivity index (χ4v) is 3.00. The maximum atomic E-state index is 13.0. The summed E-state index contributed by atoms with van der Waals surface area (Å²) in [4.78, 5) is 0. The van der Waals surface area contributed by atoms with Crippen LogP contribution in [0.1, 0.15) is 51.9 Å². The minimum absolute atomic E-state index is 0.472. The second-order valence-corrected chi connectivity index (χ2v) is 5.24. The highest BCUT2D eigenvalue weighted by Crippen LogP contribution is 2.27. The molecular weight excluding hydrogens is 177 g/mol. The minimum Gasteiger partial charge on any atom is -0.311 e. The number of alkyl halides is 1. The molecule has 0 amide bonds. The van der Waals surface area contributed by atoms with E-state index in [4.69, 9.17) is 0 Å². The van der Waals surface area contributed by atoms with Crippen molar-refractivity contribution in [3.8, 4) is 0 Å². The van der Waals surface area contributed by atoms with Gasteiger partial charge in [0.1, 0.15) is 6.17 Å². The molecule has 0 aliphatic heterocycles. The second-order valence-electron chi connectivity index (χ2n) is 5.24. The number of nitrogens with one attached hydrogen (secondary N) is 1. The maximum absolute atomic E-state index is 13.0. The van der Waals surface area contributed by atoms with Gasteiger partial charge in [0.2, 0.25) is 0 Å². The first-order valence-corrected chi connectivity index (χ1v) is 6.14. The van der Waals surface area contributed by atoms with E-state index in [0.717, 1.165) is 25.2 Å². The van der Waals surface area contributed by atoms with Crippen molar-refractivity contribution in [2.45, 2.75) is 70.1 Å². The standard InChI is InChI=1S/C12H22FN/c1-9-3-2-4-11(7-9)14-12-6-5-10(13)8-12/h9-12,14H,2-8H2,1H3. The zero-order valence-electron chi connectivity index (χ0n) is 9.14. The van der Waals surface area contributed by atoms with E-state index in [-0.39, 0.29) is 0 Å². The van der Waals surface area contributed by atoms with Crippen LogP contribution in [-0.2, 0) is 0 Å². The highest BCUT2D eigenvalue weighted by atomic mass is 19.1. The van der Waals surface area contributed by atoms with Gasteiger partial charge in [-0.05, 0) is 38.0 Å². The normalized spacial score (nSPS) is 44.1. The molecule has 0 aromatic heterocycles. The Morgan fingerprint density at radius 1 is 1.00 bits per heavy atom. The van der Waals surface area contributed by atoms with Crippen molar-refractivity contribution >= 4 is 0 Å². The van der Waals surface area contributed by atoms with E-state index in [0.29, 0.717) is 12.1 Å². The topological polar surface area (TPSA) is 12.0 Å². The highest BCUT2D eigenvalue weighted by molar-refractivity contribution is 4.85. The molecule has 2 aliphatic carbocycles. The Morgan fingerprint density at radius 3 is 2.43 bits per heavy atom. The lowest BCUT2D eigenvalue weighted by molar-refractivity contribution is 0.272. The summed E-state index contributed by atoms with van der Waals surface area (Å²) in [6, 6.07) is 1.15. The SMILES string of the molecule is CC1CCCC(NC2CCC(F)C2)C1. The molecule has 2 rings (SSSR count). The molecule has 2 heteroatoms. The molecule has 0 saturated heterocycles. The van der Waals surface area contributed by atoms with Crippen molar-refractivity contribution in [2.75, 3.05) is 0 Å². The molecule has 0 spiro atoms. The van der Waals surface area contributed by atoms with Crippen molar-refractivity contribution in [2.24, 2.45) is 5.92 Å². The van der Waals surface area contributed by atoms with Gasteiger partial charge in [0.15, 0.2) is 0 Å². The zero-order valence-corrected chi connectivity index (χ0v) is 9.14. The van der Waals surface area contributed by atoms with Crippen LogP contribution in [0.25, 0.3) is 0 Å². The van der Waals surface area contributed by atoms with Crippen LogP contribution in [0.5, 0.6) is 0 Å². The van der Waals surface area contributed by atoms with Crippen LogP contribution in [0.3, 0.4) is 0 Å². The summed E-state index contributed by atoms with van der Waals surface area (Å²) in [6.45, 7) is 2.33. The molecule has 82 valence electrons. The molecule has 4 unspecified atom stereocenters. The summed E-state index contributed by atoms with van der Waals surface area (Å²) in [5, 5.41) is 3.64. The van der Waals surface area contributed by atoms with Crippen molar-refractivity contribution < 1.29 is 4.39 Å². The number of hydrogen-bond donors (Lipinski definition) is 1. The van der Waals surface area contributed by atoms with E-state index in [9.17, 15) is 4.39 Å². The van der Waals surface area contributed by atoms with Gasteiger partial charge in [-0.15, -0.1) is 0 Å². The van der Waals surface area contributed by atoms with Crippen molar-refractivity contribution in [1.29, 1.82) is 0 Å². The lowest BCUT2D eigenvalue weighted by atomic mass is 9.86. The van der Waals surface area contributed by atoms with E-state index >= 15 is 0 Å². The van der Waals surface area contributed by atoms with Crippen molar-refractivity contribution in [3.05, 3.63) is 0 Å². The zero-order chi connectivity index (χ0) is 9.97. The lowest BCUT2D eigenvalue weighted by Gasteiger charge is -2.30. The Morgan fingerprint density at radius 2 is 1.79 bits per heavy atom. The molecule has 14 heavy (non-hydrogen) atoms. The van der Waals surface area contributed by atoms with Gasteiger partial charge in [0.05, 0.1) is 0 Å². The molecule has 0 heterocycles. The molecule has 1 N–H and O–H groups in total. The summed E-state index contributed by atoms with van der Waals surface area (Å²) in [7, 11) is 0. The number of hydrogen-bond acceptors (Lipinski definition) is 1. The maximum Gasteiger partial charge on any atom is 0.102 e. The summed E-state index contributed by atoms with van der Waals surface area (Å²) >= 11 is 0. The van der Waals surface area contributed by atoms with E-state index in [1.807, 2.05) is 0 Å². The van der Waals surface area contributed by atoms with Crippen LogP contribution in [-0.4, -0.2) is 18.3 Å². The van der Waals surface area contributed by atoms with E-state index < -0.39 is 6.17 Å². The average Bonchev–Trinajstić information content (AvgIpc) is 2.51. The minimum atomic E-state index is -0.534. The fourth-order valence-electron chi connectivity index (χ4n) is 3.00. The quantitative estimate of drug-likeness (QED) is 0.720. The predicted octanol–water partition coefficient (Wildman–Crippen LogP) is 3.05. The number of halogens is 1. The first-order chi connectivity index (χ1) is 6.74. The number of rotatable bonds is 2. The summed E-state index contributed by atoms with van der Waals surface area (Å²) in [5.74, 6) is 0.865. The Balaban J connectivity index is 1.74. The van der Waals surface area contributed by atoms with Gasteiger partial charge in [-0.25, -0.2) is 4.39 Å². The van der Waals surface area contributed by atoms with Gasteiger partial charge in [0.25, 0.3) is 0 Å². The molecule has 0 bridgehead atoms. The molecular formula is C12H22FN. The largest absolute Gasteiger partial charge is 0.311 e. The van der Waals surface area contributed by atoms with Crippen molar-refractivity contribution in [3.63, 3.8) is 0 Å². The van der Waals surface area contributed by atoms with E-state index in [1.165, 1.54) is 25.7 Å². The highest BCUT2D eigenvalue weighted by Gasteiger charge is 2.27. The molecule has 2 fully saturated rings. The Labute approximate surface area is 86.5 Å². The predicted molar refractivity (Wildman–Crippen MR) is 57.1 cm³/mol. The third kappa shape index (κ3) is 2.69. The first-order valence-electron chi connectivity index (χ1n) is 6.14. The van der Waals surface area contributed by atoms with Crippen LogP contribution in [0.15, 0.2) is 0 Å².